The molecule has 2 N–H and O–H groups in total. The zero-order valence-electron chi connectivity index (χ0n) is 21.0. The van der Waals surface area contributed by atoms with Gasteiger partial charge in [-0.1, -0.05) is 72.3 Å². The third kappa shape index (κ3) is 6.46. The van der Waals surface area contributed by atoms with Crippen LogP contribution < -0.4 is 5.32 Å². The third-order valence-electron chi connectivity index (χ3n) is 5.80. The lowest BCUT2D eigenvalue weighted by Gasteiger charge is -2.34. The summed E-state index contributed by atoms with van der Waals surface area (Å²) >= 11 is 6.46. The van der Waals surface area contributed by atoms with Crippen LogP contribution >= 0.6 is 11.6 Å². The smallest absolute Gasteiger partial charge is 0.271 e. The predicted molar refractivity (Wildman–Crippen MR) is 145 cm³/mol. The molecule has 1 aromatic heterocycles. The van der Waals surface area contributed by atoms with Crippen LogP contribution in [0.2, 0.25) is 5.02 Å². The van der Waals surface area contributed by atoms with Gasteiger partial charge in [-0.15, -0.1) is 0 Å². The van der Waals surface area contributed by atoms with Crippen molar-refractivity contribution in [1.29, 1.82) is 0 Å². The van der Waals surface area contributed by atoms with Gasteiger partial charge in [-0.05, 0) is 67.8 Å². The molecule has 1 atom stereocenters. The second-order valence-electron chi connectivity index (χ2n) is 9.87. The monoisotopic (exact) mass is 517 g/mol. The number of nitrogens with zero attached hydrogens (tertiary/aromatic N) is 1. The molecule has 190 valence electrons. The highest BCUT2D eigenvalue weighted by Crippen LogP contribution is 2.29. The number of benzene rings is 3. The number of amides is 2. The topological polar surface area (TPSA) is 65.2 Å². The summed E-state index contributed by atoms with van der Waals surface area (Å²) in [7, 11) is 0. The van der Waals surface area contributed by atoms with Crippen LogP contribution in [-0.2, 0) is 11.3 Å². The predicted octanol–water partition coefficient (Wildman–Crippen LogP) is 6.77. The number of rotatable bonds is 7. The van der Waals surface area contributed by atoms with Crippen molar-refractivity contribution in [1.82, 2.24) is 15.2 Å². The van der Waals surface area contributed by atoms with E-state index < -0.39 is 17.4 Å². The Bertz CT molecular complexity index is 1380. The molecule has 0 saturated heterocycles. The number of halogens is 2. The van der Waals surface area contributed by atoms with Crippen molar-refractivity contribution < 1.29 is 14.0 Å². The number of carbonyl (C=O) groups excluding carboxylic acids is 2. The average molecular weight is 518 g/mol. The Kier molecular flexibility index (Phi) is 7.79. The van der Waals surface area contributed by atoms with Gasteiger partial charge in [0.05, 0.1) is 0 Å². The van der Waals surface area contributed by atoms with E-state index in [9.17, 15) is 14.0 Å². The number of hydrogen-bond donors (Lipinski definition) is 2. The first kappa shape index (κ1) is 26.2. The molecule has 0 radical (unpaired) electrons. The summed E-state index contributed by atoms with van der Waals surface area (Å²) in [6.07, 6.45) is 0. The number of aromatic nitrogens is 1. The number of nitrogens with one attached hydrogen (secondary N) is 2. The molecule has 2 amide bonds. The molecule has 7 heteroatoms. The van der Waals surface area contributed by atoms with Crippen LogP contribution in [0.15, 0.2) is 91.0 Å². The van der Waals surface area contributed by atoms with Crippen LogP contribution in [0.3, 0.4) is 0 Å². The lowest BCUT2D eigenvalue weighted by molar-refractivity contribution is -0.127. The molecule has 0 fully saturated rings. The Hall–Kier alpha value is -3.90. The molecule has 5 nitrogen and oxygen atoms in total. The molecule has 37 heavy (non-hydrogen) atoms. The van der Waals surface area contributed by atoms with E-state index in [0.29, 0.717) is 21.8 Å². The zero-order chi connectivity index (χ0) is 26.6. The fourth-order valence-corrected chi connectivity index (χ4v) is 4.30. The van der Waals surface area contributed by atoms with Gasteiger partial charge in [0, 0.05) is 22.8 Å². The molecular formula is C30H29ClFN3O2. The van der Waals surface area contributed by atoms with E-state index in [1.54, 1.807) is 18.2 Å². The third-order valence-corrected chi connectivity index (χ3v) is 6.17. The molecule has 1 heterocycles. The zero-order valence-corrected chi connectivity index (χ0v) is 21.7. The van der Waals surface area contributed by atoms with Gasteiger partial charge in [0.15, 0.2) is 0 Å². The maximum absolute atomic E-state index is 14.1. The van der Waals surface area contributed by atoms with E-state index in [1.165, 1.54) is 29.2 Å². The van der Waals surface area contributed by atoms with Crippen molar-refractivity contribution in [3.8, 4) is 11.3 Å². The molecule has 0 aliphatic carbocycles. The summed E-state index contributed by atoms with van der Waals surface area (Å²) in [5, 5.41) is 3.46. The largest absolute Gasteiger partial charge is 0.351 e. The lowest BCUT2D eigenvalue weighted by atomic mass is 10.0. The van der Waals surface area contributed by atoms with Gasteiger partial charge in [-0.3, -0.25) is 9.59 Å². The molecular weight excluding hydrogens is 489 g/mol. The molecule has 0 aliphatic heterocycles. The first-order chi connectivity index (χ1) is 17.6. The van der Waals surface area contributed by atoms with Crippen LogP contribution in [0, 0.1) is 5.82 Å². The van der Waals surface area contributed by atoms with E-state index in [4.69, 9.17) is 11.6 Å². The number of aromatic amines is 1. The molecule has 0 bridgehead atoms. The second kappa shape index (κ2) is 11.0. The highest BCUT2D eigenvalue weighted by molar-refractivity contribution is 6.31. The van der Waals surface area contributed by atoms with Gasteiger partial charge >= 0.3 is 0 Å². The Morgan fingerprint density at radius 3 is 2.22 bits per heavy atom. The maximum Gasteiger partial charge on any atom is 0.271 e. The number of carbonyl (C=O) groups is 2. The van der Waals surface area contributed by atoms with Crippen LogP contribution in [0.5, 0.6) is 0 Å². The van der Waals surface area contributed by atoms with Gasteiger partial charge < -0.3 is 15.2 Å². The van der Waals surface area contributed by atoms with Crippen LogP contribution in [0.25, 0.3) is 11.3 Å². The Labute approximate surface area is 221 Å². The first-order valence-electron chi connectivity index (χ1n) is 12.0. The summed E-state index contributed by atoms with van der Waals surface area (Å²) < 4.78 is 13.8. The molecule has 1 unspecified atom stereocenters. The number of H-pyrrole nitrogens is 1. The van der Waals surface area contributed by atoms with E-state index in [2.05, 4.69) is 10.3 Å². The van der Waals surface area contributed by atoms with Crippen molar-refractivity contribution in [2.24, 2.45) is 0 Å². The Morgan fingerprint density at radius 1 is 0.919 bits per heavy atom. The van der Waals surface area contributed by atoms with Gasteiger partial charge in [-0.2, -0.15) is 0 Å². The molecule has 0 aliphatic rings. The van der Waals surface area contributed by atoms with Crippen molar-refractivity contribution in [2.45, 2.75) is 38.9 Å². The second-order valence-corrected chi connectivity index (χ2v) is 10.3. The standard InChI is InChI=1S/C30H29ClFN3O2/c1-30(2,3)34-28(36)27(21-13-15-23(32)16-14-21)35(19-22-11-7-8-12-24(22)31)29(37)26-18-17-25(33-26)20-9-5-4-6-10-20/h4-18,27,33H,19H2,1-3H3,(H,34,36). The summed E-state index contributed by atoms with van der Waals surface area (Å²) in [5.41, 5.74) is 2.64. The minimum atomic E-state index is -1.04. The number of hydrogen-bond acceptors (Lipinski definition) is 2. The highest BCUT2D eigenvalue weighted by Gasteiger charge is 2.34. The summed E-state index contributed by atoms with van der Waals surface area (Å²) in [6, 6.07) is 25.0. The van der Waals surface area contributed by atoms with Crippen molar-refractivity contribution in [3.05, 3.63) is 119 Å². The van der Waals surface area contributed by atoms with Crippen LogP contribution in [-0.4, -0.2) is 27.2 Å². The van der Waals surface area contributed by atoms with Crippen LogP contribution in [0.4, 0.5) is 4.39 Å². The van der Waals surface area contributed by atoms with Gasteiger partial charge in [0.1, 0.15) is 17.6 Å². The van der Waals surface area contributed by atoms with Crippen molar-refractivity contribution >= 4 is 23.4 Å². The van der Waals surface area contributed by atoms with Gasteiger partial charge in [0.2, 0.25) is 5.91 Å². The summed E-state index contributed by atoms with van der Waals surface area (Å²) in [5.74, 6) is -1.20. The fraction of sp³-hybridized carbons (Fsp3) is 0.200. The molecule has 4 aromatic rings. The molecule has 0 saturated carbocycles. The lowest BCUT2D eigenvalue weighted by Crippen LogP contribution is -2.49. The Balaban J connectivity index is 1.80. The van der Waals surface area contributed by atoms with E-state index in [0.717, 1.165) is 11.3 Å². The van der Waals surface area contributed by atoms with Crippen LogP contribution in [0.1, 0.15) is 48.4 Å². The molecule has 4 rings (SSSR count). The molecule has 0 spiro atoms. The fourth-order valence-electron chi connectivity index (χ4n) is 4.11. The minimum absolute atomic E-state index is 0.0673. The van der Waals surface area contributed by atoms with Crippen molar-refractivity contribution in [2.75, 3.05) is 0 Å². The quantitative estimate of drug-likeness (QED) is 0.284. The first-order valence-corrected chi connectivity index (χ1v) is 12.4. The van der Waals surface area contributed by atoms with Crippen molar-refractivity contribution in [3.63, 3.8) is 0 Å². The average Bonchev–Trinajstić information content (AvgIpc) is 3.35. The Morgan fingerprint density at radius 2 is 1.57 bits per heavy atom. The normalized spacial score (nSPS) is 12.1. The summed E-state index contributed by atoms with van der Waals surface area (Å²) in [4.78, 5) is 32.4. The summed E-state index contributed by atoms with van der Waals surface area (Å²) in [6.45, 7) is 5.66. The maximum atomic E-state index is 14.1. The minimum Gasteiger partial charge on any atom is -0.351 e. The van der Waals surface area contributed by atoms with E-state index in [1.807, 2.05) is 69.3 Å². The van der Waals surface area contributed by atoms with Gasteiger partial charge in [0.25, 0.3) is 5.91 Å². The van der Waals surface area contributed by atoms with E-state index in [-0.39, 0.29) is 18.4 Å². The van der Waals surface area contributed by atoms with E-state index >= 15 is 0 Å². The van der Waals surface area contributed by atoms with Gasteiger partial charge in [-0.25, -0.2) is 4.39 Å². The molecule has 3 aromatic carbocycles. The highest BCUT2D eigenvalue weighted by atomic mass is 35.5. The SMILES string of the molecule is CC(C)(C)NC(=O)C(c1ccc(F)cc1)N(Cc1ccccc1Cl)C(=O)c1ccc(-c2ccccc2)[nH]1.